The zero-order valence-electron chi connectivity index (χ0n) is 16.3. The average molecular weight is 432 g/mol. The number of alkyl halides is 3. The number of hydrogen-bond donors (Lipinski definition) is 2. The van der Waals surface area contributed by atoms with Crippen molar-refractivity contribution >= 4 is 24.3 Å². The zero-order valence-corrected chi connectivity index (χ0v) is 17.1. The topological polar surface area (TPSA) is 71.8 Å². The first-order chi connectivity index (χ1) is 13.2. The van der Waals surface area contributed by atoms with Gasteiger partial charge >= 0.3 is 6.18 Å². The third kappa shape index (κ3) is 5.93. The van der Waals surface area contributed by atoms with Crippen LogP contribution in [0.2, 0.25) is 0 Å². The Labute approximate surface area is 173 Å². The van der Waals surface area contributed by atoms with E-state index in [1.165, 1.54) is 12.1 Å². The molecule has 1 fully saturated rings. The van der Waals surface area contributed by atoms with E-state index in [9.17, 15) is 18.0 Å². The molecule has 0 spiro atoms. The summed E-state index contributed by atoms with van der Waals surface area (Å²) in [6.45, 7) is 3.66. The third-order valence-corrected chi connectivity index (χ3v) is 5.03. The summed E-state index contributed by atoms with van der Waals surface area (Å²) in [5.74, 6) is 0.927. The van der Waals surface area contributed by atoms with Gasteiger partial charge in [0, 0.05) is 19.4 Å². The van der Waals surface area contributed by atoms with Crippen molar-refractivity contribution in [2.75, 3.05) is 18.4 Å². The van der Waals surface area contributed by atoms with E-state index in [1.807, 2.05) is 0 Å². The lowest BCUT2D eigenvalue weighted by molar-refractivity contribution is -0.137. The summed E-state index contributed by atoms with van der Waals surface area (Å²) in [6.07, 6.45) is -2.30. The SMILES string of the molecule is CC(CC(=O)Nc1nc(C2CCNCC2)nn1C)c1ccc(C(F)(F)F)cc1.Cl. The maximum atomic E-state index is 12.7. The van der Waals surface area contributed by atoms with Crippen molar-refractivity contribution in [1.82, 2.24) is 20.1 Å². The van der Waals surface area contributed by atoms with E-state index in [-0.39, 0.29) is 36.6 Å². The van der Waals surface area contributed by atoms with Crippen LogP contribution in [-0.2, 0) is 18.0 Å². The second kappa shape index (κ2) is 9.58. The van der Waals surface area contributed by atoms with E-state index in [1.54, 1.807) is 18.7 Å². The van der Waals surface area contributed by atoms with E-state index in [4.69, 9.17) is 0 Å². The van der Waals surface area contributed by atoms with Crippen LogP contribution in [0.4, 0.5) is 19.1 Å². The largest absolute Gasteiger partial charge is 0.416 e. The molecule has 2 aromatic rings. The van der Waals surface area contributed by atoms with Gasteiger partial charge in [-0.25, -0.2) is 4.68 Å². The molecular formula is C19H25ClF3N5O. The maximum absolute atomic E-state index is 12.7. The summed E-state index contributed by atoms with van der Waals surface area (Å²) >= 11 is 0. The molecule has 10 heteroatoms. The van der Waals surface area contributed by atoms with Gasteiger partial charge < -0.3 is 5.32 Å². The van der Waals surface area contributed by atoms with Crippen molar-refractivity contribution in [3.8, 4) is 0 Å². The van der Waals surface area contributed by atoms with Crippen molar-refractivity contribution in [2.24, 2.45) is 7.05 Å². The minimum absolute atomic E-state index is 0. The van der Waals surface area contributed by atoms with E-state index in [0.717, 1.165) is 43.9 Å². The van der Waals surface area contributed by atoms with Crippen molar-refractivity contribution in [2.45, 2.75) is 44.2 Å². The third-order valence-electron chi connectivity index (χ3n) is 5.03. The number of piperidine rings is 1. The van der Waals surface area contributed by atoms with Crippen LogP contribution in [0.5, 0.6) is 0 Å². The summed E-state index contributed by atoms with van der Waals surface area (Å²) < 4.78 is 39.5. The molecular weight excluding hydrogens is 407 g/mol. The first-order valence-corrected chi connectivity index (χ1v) is 9.32. The van der Waals surface area contributed by atoms with Gasteiger partial charge in [-0.15, -0.1) is 12.4 Å². The molecule has 1 aliphatic rings. The van der Waals surface area contributed by atoms with Crippen LogP contribution in [0.1, 0.15) is 55.0 Å². The lowest BCUT2D eigenvalue weighted by atomic mass is 9.96. The lowest BCUT2D eigenvalue weighted by Gasteiger charge is -2.19. The number of nitrogens with zero attached hydrogens (tertiary/aromatic N) is 3. The number of amides is 1. The standard InChI is InChI=1S/C19H24F3N5O.ClH/c1-12(13-3-5-15(6-4-13)19(20,21)22)11-16(28)24-18-25-17(26-27(18)2)14-7-9-23-10-8-14;/h3-6,12,14,23H,7-11H2,1-2H3,(H,24,25,26,28);1H. The van der Waals surface area contributed by atoms with Crippen LogP contribution in [0.3, 0.4) is 0 Å². The van der Waals surface area contributed by atoms with E-state index < -0.39 is 11.7 Å². The van der Waals surface area contributed by atoms with Crippen LogP contribution < -0.4 is 10.6 Å². The van der Waals surface area contributed by atoms with Crippen molar-refractivity contribution in [3.63, 3.8) is 0 Å². The smallest absolute Gasteiger partial charge is 0.317 e. The second-order valence-corrected chi connectivity index (χ2v) is 7.21. The quantitative estimate of drug-likeness (QED) is 0.754. The molecule has 1 unspecified atom stereocenters. The number of hydrogen-bond acceptors (Lipinski definition) is 4. The molecule has 1 amide bonds. The summed E-state index contributed by atoms with van der Waals surface area (Å²) in [5, 5.41) is 10.5. The Morgan fingerprint density at radius 2 is 1.90 bits per heavy atom. The van der Waals surface area contributed by atoms with Crippen LogP contribution in [0, 0.1) is 0 Å². The van der Waals surface area contributed by atoms with Gasteiger partial charge in [0.1, 0.15) is 0 Å². The highest BCUT2D eigenvalue weighted by Gasteiger charge is 2.30. The Bertz CT molecular complexity index is 816. The number of aryl methyl sites for hydroxylation is 1. The molecule has 0 saturated carbocycles. The van der Waals surface area contributed by atoms with Gasteiger partial charge in [-0.3, -0.25) is 10.1 Å². The van der Waals surface area contributed by atoms with Crippen LogP contribution >= 0.6 is 12.4 Å². The summed E-state index contributed by atoms with van der Waals surface area (Å²) in [6, 6.07) is 4.91. The number of rotatable bonds is 5. The minimum atomic E-state index is -4.36. The van der Waals surface area contributed by atoms with Crippen LogP contribution in [-0.4, -0.2) is 33.8 Å². The summed E-state index contributed by atoms with van der Waals surface area (Å²) in [7, 11) is 1.73. The van der Waals surface area contributed by atoms with Gasteiger partial charge in [-0.2, -0.15) is 23.3 Å². The molecule has 6 nitrogen and oxygen atoms in total. The molecule has 2 N–H and O–H groups in total. The number of carbonyl (C=O) groups excluding carboxylic acids is 1. The molecule has 29 heavy (non-hydrogen) atoms. The predicted octanol–water partition coefficient (Wildman–Crippen LogP) is 3.86. The monoisotopic (exact) mass is 431 g/mol. The zero-order chi connectivity index (χ0) is 20.3. The first kappa shape index (κ1) is 23.2. The number of anilines is 1. The van der Waals surface area contributed by atoms with Gasteiger partial charge in [-0.1, -0.05) is 19.1 Å². The number of halogens is 4. The van der Waals surface area contributed by atoms with Gasteiger partial charge in [-0.05, 0) is 49.5 Å². The highest BCUT2D eigenvalue weighted by atomic mass is 35.5. The molecule has 1 atom stereocenters. The molecule has 0 bridgehead atoms. The maximum Gasteiger partial charge on any atom is 0.416 e. The molecule has 3 rings (SSSR count). The van der Waals surface area contributed by atoms with Crippen molar-refractivity contribution in [3.05, 3.63) is 41.2 Å². The predicted molar refractivity (Wildman–Crippen MR) is 106 cm³/mol. The molecule has 1 saturated heterocycles. The van der Waals surface area contributed by atoms with E-state index in [2.05, 4.69) is 20.7 Å². The van der Waals surface area contributed by atoms with Gasteiger partial charge in [0.15, 0.2) is 5.82 Å². The number of nitrogens with one attached hydrogen (secondary N) is 2. The Balaban J connectivity index is 0.00000300. The number of benzene rings is 1. The van der Waals surface area contributed by atoms with Crippen molar-refractivity contribution < 1.29 is 18.0 Å². The van der Waals surface area contributed by atoms with Crippen LogP contribution in [0.15, 0.2) is 24.3 Å². The Morgan fingerprint density at radius 3 is 2.48 bits per heavy atom. The van der Waals surface area contributed by atoms with Crippen molar-refractivity contribution in [1.29, 1.82) is 0 Å². The fourth-order valence-corrected chi connectivity index (χ4v) is 3.34. The Morgan fingerprint density at radius 1 is 1.28 bits per heavy atom. The molecule has 0 radical (unpaired) electrons. The molecule has 0 aliphatic carbocycles. The summed E-state index contributed by atoms with van der Waals surface area (Å²) in [5.41, 5.74) is -0.0195. The summed E-state index contributed by atoms with van der Waals surface area (Å²) in [4.78, 5) is 16.8. The van der Waals surface area contributed by atoms with Crippen LogP contribution in [0.25, 0.3) is 0 Å². The van der Waals surface area contributed by atoms with E-state index >= 15 is 0 Å². The van der Waals surface area contributed by atoms with Gasteiger partial charge in [0.2, 0.25) is 11.9 Å². The van der Waals surface area contributed by atoms with Gasteiger partial charge in [0.05, 0.1) is 5.56 Å². The Kier molecular flexibility index (Phi) is 7.65. The molecule has 1 aromatic heterocycles. The molecule has 160 valence electrons. The first-order valence-electron chi connectivity index (χ1n) is 9.32. The lowest BCUT2D eigenvalue weighted by Crippen LogP contribution is -2.27. The van der Waals surface area contributed by atoms with Gasteiger partial charge in [0.25, 0.3) is 0 Å². The fourth-order valence-electron chi connectivity index (χ4n) is 3.34. The normalized spacial score (nSPS) is 16.2. The Hall–Kier alpha value is -2.13. The fraction of sp³-hybridized carbons (Fsp3) is 0.526. The molecule has 2 heterocycles. The minimum Gasteiger partial charge on any atom is -0.317 e. The highest BCUT2D eigenvalue weighted by Crippen LogP contribution is 2.30. The molecule has 1 aliphatic heterocycles. The average Bonchev–Trinajstić information content (AvgIpc) is 3.02. The number of aromatic nitrogens is 3. The van der Waals surface area contributed by atoms with E-state index in [0.29, 0.717) is 11.5 Å². The second-order valence-electron chi connectivity index (χ2n) is 7.21. The number of carbonyl (C=O) groups is 1. The molecule has 1 aromatic carbocycles. The highest BCUT2D eigenvalue weighted by molar-refractivity contribution is 5.89.